The third-order valence-electron chi connectivity index (χ3n) is 4.89. The van der Waals surface area contributed by atoms with Gasteiger partial charge in [0, 0.05) is 38.0 Å². The molecule has 0 aromatic rings. The van der Waals surface area contributed by atoms with E-state index < -0.39 is 0 Å². The van der Waals surface area contributed by atoms with Crippen molar-refractivity contribution in [2.24, 2.45) is 5.92 Å². The second-order valence-corrected chi connectivity index (χ2v) is 6.10. The fourth-order valence-electron chi connectivity index (χ4n) is 3.80. The van der Waals surface area contributed by atoms with Crippen LogP contribution < -0.4 is 0 Å². The monoisotopic (exact) mass is 280 g/mol. The molecule has 5 heteroatoms. The zero-order valence-electron chi connectivity index (χ0n) is 12.1. The summed E-state index contributed by atoms with van der Waals surface area (Å²) in [6, 6.07) is 0.271. The van der Waals surface area contributed by atoms with E-state index in [0.717, 1.165) is 38.6 Å². The number of amides is 2. The van der Waals surface area contributed by atoms with Crippen molar-refractivity contribution >= 4 is 11.8 Å². The molecule has 2 aliphatic heterocycles. The van der Waals surface area contributed by atoms with Gasteiger partial charge < -0.3 is 14.5 Å². The molecule has 2 saturated heterocycles. The van der Waals surface area contributed by atoms with Crippen molar-refractivity contribution in [3.63, 3.8) is 0 Å². The number of urea groups is 1. The van der Waals surface area contributed by atoms with Crippen LogP contribution in [0.15, 0.2) is 0 Å². The summed E-state index contributed by atoms with van der Waals surface area (Å²) < 4.78 is 5.31. The highest BCUT2D eigenvalue weighted by molar-refractivity contribution is 5.83. The number of hydrogen-bond donors (Lipinski definition) is 0. The number of carbonyl (C=O) groups excluding carboxylic acids is 2. The fraction of sp³-hybridized carbons (Fsp3) is 0.867. The number of hydrogen-bond acceptors (Lipinski definition) is 3. The Morgan fingerprint density at radius 2 is 1.85 bits per heavy atom. The minimum Gasteiger partial charge on any atom is -0.378 e. The van der Waals surface area contributed by atoms with Crippen molar-refractivity contribution in [1.82, 2.24) is 9.80 Å². The maximum absolute atomic E-state index is 12.6. The van der Waals surface area contributed by atoms with E-state index in [-0.39, 0.29) is 18.0 Å². The third kappa shape index (κ3) is 2.68. The lowest BCUT2D eigenvalue weighted by molar-refractivity contribution is -0.126. The van der Waals surface area contributed by atoms with E-state index in [1.54, 1.807) is 0 Å². The van der Waals surface area contributed by atoms with Crippen molar-refractivity contribution in [3.8, 4) is 0 Å². The lowest BCUT2D eigenvalue weighted by atomic mass is 9.82. The van der Waals surface area contributed by atoms with Crippen molar-refractivity contribution in [2.45, 2.75) is 44.6 Å². The van der Waals surface area contributed by atoms with Crippen LogP contribution in [0.1, 0.15) is 38.5 Å². The topological polar surface area (TPSA) is 49.9 Å². The Kier molecular flexibility index (Phi) is 4.24. The molecule has 0 aromatic heterocycles. The zero-order chi connectivity index (χ0) is 13.9. The van der Waals surface area contributed by atoms with Gasteiger partial charge in [0.2, 0.25) is 0 Å². The van der Waals surface area contributed by atoms with E-state index in [0.29, 0.717) is 38.5 Å². The summed E-state index contributed by atoms with van der Waals surface area (Å²) in [6.45, 7) is 3.44. The molecule has 1 aliphatic carbocycles. The largest absolute Gasteiger partial charge is 0.378 e. The molecule has 2 heterocycles. The number of morpholine rings is 1. The number of likely N-dealkylation sites (tertiary alicyclic amines) is 1. The summed E-state index contributed by atoms with van der Waals surface area (Å²) in [6.07, 6.45) is 5.86. The number of rotatable bonds is 1. The lowest BCUT2D eigenvalue weighted by Gasteiger charge is -2.37. The van der Waals surface area contributed by atoms with Gasteiger partial charge in [0.25, 0.3) is 0 Å². The Morgan fingerprint density at radius 1 is 1.05 bits per heavy atom. The molecule has 5 nitrogen and oxygen atoms in total. The van der Waals surface area contributed by atoms with Crippen molar-refractivity contribution in [3.05, 3.63) is 0 Å². The quantitative estimate of drug-likeness (QED) is 0.734. The number of Topliss-reactive ketones (excluding diaryl/α,β-unsaturated/α-hetero) is 1. The van der Waals surface area contributed by atoms with Gasteiger partial charge in [-0.05, 0) is 25.7 Å². The molecule has 3 aliphatic rings. The maximum atomic E-state index is 12.6. The van der Waals surface area contributed by atoms with Gasteiger partial charge in [0.05, 0.1) is 13.2 Å². The second-order valence-electron chi connectivity index (χ2n) is 6.10. The normalized spacial score (nSPS) is 31.7. The zero-order valence-corrected chi connectivity index (χ0v) is 12.1. The number of nitrogens with zero attached hydrogens (tertiary/aromatic N) is 2. The molecule has 0 aromatic carbocycles. The fourth-order valence-corrected chi connectivity index (χ4v) is 3.80. The molecule has 0 N–H and O–H groups in total. The molecule has 2 atom stereocenters. The highest BCUT2D eigenvalue weighted by atomic mass is 16.5. The Morgan fingerprint density at radius 3 is 2.60 bits per heavy atom. The Bertz CT molecular complexity index is 379. The summed E-state index contributed by atoms with van der Waals surface area (Å²) >= 11 is 0. The highest BCUT2D eigenvalue weighted by Gasteiger charge is 2.40. The van der Waals surface area contributed by atoms with Gasteiger partial charge in [-0.25, -0.2) is 4.79 Å². The molecule has 3 rings (SSSR count). The molecular formula is C15H24N2O3. The molecule has 2 amide bonds. The predicted octanol–water partition coefficient (Wildman–Crippen LogP) is 1.66. The molecule has 2 unspecified atom stereocenters. The Hall–Kier alpha value is -1.10. The lowest BCUT2D eigenvalue weighted by Crippen LogP contribution is -2.52. The standard InChI is InChI=1S/C15H24N2O3/c18-14-6-2-1-4-12(14)13-5-3-7-17(13)15(19)16-8-10-20-11-9-16/h12-13H,1-11H2. The van der Waals surface area contributed by atoms with E-state index in [9.17, 15) is 9.59 Å². The first-order valence-corrected chi connectivity index (χ1v) is 7.93. The SMILES string of the molecule is O=C1CCCCC1C1CCCN1C(=O)N1CCOCC1. The first-order valence-electron chi connectivity index (χ1n) is 7.93. The number of carbonyl (C=O) groups is 2. The minimum atomic E-state index is 0.0937. The molecule has 3 fully saturated rings. The summed E-state index contributed by atoms with van der Waals surface area (Å²) in [5.41, 5.74) is 0. The van der Waals surface area contributed by atoms with Crippen LogP contribution in [0, 0.1) is 5.92 Å². The van der Waals surface area contributed by atoms with E-state index >= 15 is 0 Å². The third-order valence-corrected chi connectivity index (χ3v) is 4.89. The smallest absolute Gasteiger partial charge is 0.320 e. The van der Waals surface area contributed by atoms with Gasteiger partial charge in [-0.2, -0.15) is 0 Å². The van der Waals surface area contributed by atoms with Gasteiger partial charge in [0.1, 0.15) is 5.78 Å². The Labute approximate surface area is 120 Å². The molecule has 20 heavy (non-hydrogen) atoms. The van der Waals surface area contributed by atoms with Gasteiger partial charge in [-0.1, -0.05) is 6.42 Å². The molecule has 1 saturated carbocycles. The summed E-state index contributed by atoms with van der Waals surface area (Å²) in [5, 5.41) is 0. The van der Waals surface area contributed by atoms with Crippen LogP contribution >= 0.6 is 0 Å². The number of ether oxygens (including phenoxy) is 1. The van der Waals surface area contributed by atoms with Crippen LogP contribution in [0.4, 0.5) is 4.79 Å². The molecule has 0 bridgehead atoms. The van der Waals surface area contributed by atoms with E-state index in [1.807, 2.05) is 9.80 Å². The van der Waals surface area contributed by atoms with Crippen LogP contribution in [-0.4, -0.2) is 60.5 Å². The van der Waals surface area contributed by atoms with E-state index in [4.69, 9.17) is 4.74 Å². The molecule has 0 spiro atoms. The number of ketones is 1. The molecule has 112 valence electrons. The average molecular weight is 280 g/mol. The van der Waals surface area contributed by atoms with Crippen LogP contribution in [0.2, 0.25) is 0 Å². The highest BCUT2D eigenvalue weighted by Crippen LogP contribution is 2.33. The van der Waals surface area contributed by atoms with Gasteiger partial charge in [-0.15, -0.1) is 0 Å². The molecular weight excluding hydrogens is 256 g/mol. The summed E-state index contributed by atoms with van der Waals surface area (Å²) in [7, 11) is 0. The predicted molar refractivity (Wildman–Crippen MR) is 74.5 cm³/mol. The summed E-state index contributed by atoms with van der Waals surface area (Å²) in [4.78, 5) is 28.7. The van der Waals surface area contributed by atoms with Crippen LogP contribution in [-0.2, 0) is 9.53 Å². The van der Waals surface area contributed by atoms with Crippen molar-refractivity contribution in [1.29, 1.82) is 0 Å². The van der Waals surface area contributed by atoms with E-state index in [1.165, 1.54) is 0 Å². The van der Waals surface area contributed by atoms with Gasteiger partial charge in [-0.3, -0.25) is 4.79 Å². The first kappa shape index (κ1) is 13.9. The first-order chi connectivity index (χ1) is 9.77. The minimum absolute atomic E-state index is 0.0937. The van der Waals surface area contributed by atoms with Gasteiger partial charge >= 0.3 is 6.03 Å². The average Bonchev–Trinajstić information content (AvgIpc) is 2.97. The van der Waals surface area contributed by atoms with Gasteiger partial charge in [0.15, 0.2) is 0 Å². The summed E-state index contributed by atoms with van der Waals surface area (Å²) in [5.74, 6) is 0.471. The molecule has 0 radical (unpaired) electrons. The van der Waals surface area contributed by atoms with Crippen LogP contribution in [0.3, 0.4) is 0 Å². The van der Waals surface area contributed by atoms with E-state index in [2.05, 4.69) is 0 Å². The van der Waals surface area contributed by atoms with Crippen LogP contribution in [0.5, 0.6) is 0 Å². The second kappa shape index (κ2) is 6.12. The van der Waals surface area contributed by atoms with Crippen LogP contribution in [0.25, 0.3) is 0 Å². The van der Waals surface area contributed by atoms with Crippen molar-refractivity contribution < 1.29 is 14.3 Å². The van der Waals surface area contributed by atoms with Crippen molar-refractivity contribution in [2.75, 3.05) is 32.8 Å². The Balaban J connectivity index is 1.68. The maximum Gasteiger partial charge on any atom is 0.320 e.